The third-order valence-corrected chi connectivity index (χ3v) is 3.86. The van der Waals surface area contributed by atoms with Crippen molar-refractivity contribution in [2.24, 2.45) is 0 Å². The zero-order valence-electron chi connectivity index (χ0n) is 16.6. The molecular weight excluding hydrogens is 389 g/mol. The maximum absolute atomic E-state index is 14.2. The molecule has 0 aliphatic heterocycles. The second-order valence-corrected chi connectivity index (χ2v) is 6.27. The number of nitrogens with one attached hydrogen (secondary N) is 3. The van der Waals surface area contributed by atoms with Gasteiger partial charge in [-0.3, -0.25) is 4.79 Å². The molecule has 0 saturated heterocycles. The van der Waals surface area contributed by atoms with E-state index in [1.807, 2.05) is 0 Å². The Morgan fingerprint density at radius 2 is 1.80 bits per heavy atom. The first kappa shape index (κ1) is 21.0. The first-order valence-electron chi connectivity index (χ1n) is 9.19. The SMILES string of the molecule is COCCOc1ccc(Nc2ncc(F)c(Nc3cccc(NC(C)=O)c3)n2)cc1. The molecule has 0 spiro atoms. The topological polar surface area (TPSA) is 97.4 Å². The average Bonchev–Trinajstić information content (AvgIpc) is 2.72. The Morgan fingerprint density at radius 1 is 1.03 bits per heavy atom. The second-order valence-electron chi connectivity index (χ2n) is 6.27. The van der Waals surface area contributed by atoms with Gasteiger partial charge in [0.2, 0.25) is 11.9 Å². The summed E-state index contributed by atoms with van der Waals surface area (Å²) >= 11 is 0. The number of carbonyl (C=O) groups excluding carboxylic acids is 1. The van der Waals surface area contributed by atoms with Crippen LogP contribution < -0.4 is 20.7 Å². The fraction of sp³-hybridized carbons (Fsp3) is 0.190. The van der Waals surface area contributed by atoms with E-state index in [0.29, 0.717) is 30.3 Å². The van der Waals surface area contributed by atoms with Gasteiger partial charge >= 0.3 is 0 Å². The van der Waals surface area contributed by atoms with E-state index in [0.717, 1.165) is 11.9 Å². The van der Waals surface area contributed by atoms with Gasteiger partial charge in [0.25, 0.3) is 0 Å². The van der Waals surface area contributed by atoms with Gasteiger partial charge in [0.05, 0.1) is 12.8 Å². The number of halogens is 1. The summed E-state index contributed by atoms with van der Waals surface area (Å²) in [6, 6.07) is 14.1. The highest BCUT2D eigenvalue weighted by Crippen LogP contribution is 2.23. The Bertz CT molecular complexity index is 998. The average molecular weight is 411 g/mol. The highest BCUT2D eigenvalue weighted by atomic mass is 19.1. The molecule has 0 aliphatic rings. The van der Waals surface area contributed by atoms with Crippen LogP contribution in [0.5, 0.6) is 5.75 Å². The standard InChI is InChI=1S/C21H22FN5O3/c1-14(28)24-16-4-3-5-17(12-16)25-20-19(22)13-23-21(27-20)26-15-6-8-18(9-7-15)30-11-10-29-2/h3-9,12-13H,10-11H2,1-2H3,(H,24,28)(H2,23,25,26,27). The summed E-state index contributed by atoms with van der Waals surface area (Å²) in [7, 11) is 1.61. The summed E-state index contributed by atoms with van der Waals surface area (Å²) < 4.78 is 24.7. The third kappa shape index (κ3) is 6.14. The van der Waals surface area contributed by atoms with Crippen LogP contribution in [0.3, 0.4) is 0 Å². The molecule has 0 radical (unpaired) electrons. The van der Waals surface area contributed by atoms with Crippen molar-refractivity contribution in [1.29, 1.82) is 0 Å². The third-order valence-electron chi connectivity index (χ3n) is 3.86. The van der Waals surface area contributed by atoms with E-state index in [4.69, 9.17) is 9.47 Å². The summed E-state index contributed by atoms with van der Waals surface area (Å²) in [6.45, 7) is 2.38. The molecular formula is C21H22FN5O3. The Kier molecular flexibility index (Phi) is 7.12. The second kappa shape index (κ2) is 10.2. The molecule has 0 bridgehead atoms. The van der Waals surface area contributed by atoms with Crippen LogP contribution in [-0.4, -0.2) is 36.2 Å². The molecule has 0 fully saturated rings. The minimum atomic E-state index is -0.604. The minimum absolute atomic E-state index is 0.00648. The van der Waals surface area contributed by atoms with E-state index >= 15 is 0 Å². The molecule has 3 rings (SSSR count). The summed E-state index contributed by atoms with van der Waals surface area (Å²) in [4.78, 5) is 19.4. The van der Waals surface area contributed by atoms with Gasteiger partial charge in [0, 0.05) is 31.1 Å². The molecule has 2 aromatic carbocycles. The normalized spacial score (nSPS) is 10.4. The lowest BCUT2D eigenvalue weighted by atomic mass is 10.2. The van der Waals surface area contributed by atoms with Crippen molar-refractivity contribution in [3.05, 3.63) is 60.5 Å². The smallest absolute Gasteiger partial charge is 0.229 e. The predicted octanol–water partition coefficient (Wildman–Crippen LogP) is 4.09. The monoisotopic (exact) mass is 411 g/mol. The Morgan fingerprint density at radius 3 is 2.53 bits per heavy atom. The number of amides is 1. The van der Waals surface area contributed by atoms with Crippen molar-refractivity contribution in [2.75, 3.05) is 36.3 Å². The van der Waals surface area contributed by atoms with Crippen LogP contribution in [0.25, 0.3) is 0 Å². The van der Waals surface area contributed by atoms with E-state index in [2.05, 4.69) is 25.9 Å². The maximum Gasteiger partial charge on any atom is 0.229 e. The van der Waals surface area contributed by atoms with E-state index in [1.165, 1.54) is 6.92 Å². The van der Waals surface area contributed by atoms with Gasteiger partial charge in [-0.2, -0.15) is 4.98 Å². The van der Waals surface area contributed by atoms with Gasteiger partial charge in [-0.1, -0.05) is 6.07 Å². The van der Waals surface area contributed by atoms with Crippen LogP contribution in [0, 0.1) is 5.82 Å². The molecule has 0 atom stereocenters. The zero-order chi connectivity index (χ0) is 21.3. The van der Waals surface area contributed by atoms with Gasteiger partial charge in [0.1, 0.15) is 12.4 Å². The van der Waals surface area contributed by atoms with Crippen molar-refractivity contribution < 1.29 is 18.7 Å². The molecule has 30 heavy (non-hydrogen) atoms. The van der Waals surface area contributed by atoms with Crippen LogP contribution in [-0.2, 0) is 9.53 Å². The first-order chi connectivity index (χ1) is 14.5. The Balaban J connectivity index is 1.68. The molecule has 1 amide bonds. The molecule has 3 aromatic rings. The number of carbonyl (C=O) groups is 1. The summed E-state index contributed by atoms with van der Waals surface area (Å²) in [5.74, 6) is 0.144. The van der Waals surface area contributed by atoms with E-state index in [9.17, 15) is 9.18 Å². The fourth-order valence-corrected chi connectivity index (χ4v) is 2.54. The van der Waals surface area contributed by atoms with Crippen LogP contribution in [0.1, 0.15) is 6.92 Å². The van der Waals surface area contributed by atoms with Gasteiger partial charge < -0.3 is 25.4 Å². The van der Waals surface area contributed by atoms with Crippen LogP contribution in [0.2, 0.25) is 0 Å². The lowest BCUT2D eigenvalue weighted by Gasteiger charge is -2.11. The molecule has 0 unspecified atom stereocenters. The molecule has 8 nitrogen and oxygen atoms in total. The number of methoxy groups -OCH3 is 1. The fourth-order valence-electron chi connectivity index (χ4n) is 2.54. The van der Waals surface area contributed by atoms with E-state index < -0.39 is 5.82 Å². The van der Waals surface area contributed by atoms with Crippen LogP contribution in [0.15, 0.2) is 54.7 Å². The molecule has 3 N–H and O–H groups in total. The van der Waals surface area contributed by atoms with Crippen LogP contribution >= 0.6 is 0 Å². The molecule has 0 aliphatic carbocycles. The van der Waals surface area contributed by atoms with Crippen molar-refractivity contribution in [2.45, 2.75) is 6.92 Å². The van der Waals surface area contributed by atoms with Crippen molar-refractivity contribution in [3.8, 4) is 5.75 Å². The Labute approximate surface area is 173 Å². The largest absolute Gasteiger partial charge is 0.491 e. The number of hydrogen-bond acceptors (Lipinski definition) is 7. The molecule has 1 heterocycles. The van der Waals surface area contributed by atoms with Gasteiger partial charge in [-0.15, -0.1) is 0 Å². The number of anilines is 5. The maximum atomic E-state index is 14.2. The molecule has 156 valence electrons. The summed E-state index contributed by atoms with van der Waals surface area (Å²) in [6.07, 6.45) is 1.08. The minimum Gasteiger partial charge on any atom is -0.491 e. The first-order valence-corrected chi connectivity index (χ1v) is 9.19. The zero-order valence-corrected chi connectivity index (χ0v) is 16.6. The van der Waals surface area contributed by atoms with Gasteiger partial charge in [-0.25, -0.2) is 9.37 Å². The number of hydrogen-bond donors (Lipinski definition) is 3. The summed E-state index contributed by atoms with van der Waals surface area (Å²) in [5.41, 5.74) is 1.88. The van der Waals surface area contributed by atoms with Crippen LogP contribution in [0.4, 0.5) is 33.2 Å². The lowest BCUT2D eigenvalue weighted by molar-refractivity contribution is -0.114. The summed E-state index contributed by atoms with van der Waals surface area (Å²) in [5, 5.41) is 8.60. The molecule has 0 saturated carbocycles. The molecule has 1 aromatic heterocycles. The van der Waals surface area contributed by atoms with Crippen molar-refractivity contribution >= 4 is 34.7 Å². The molecule has 9 heteroatoms. The highest BCUT2D eigenvalue weighted by Gasteiger charge is 2.09. The Hall–Kier alpha value is -3.72. The van der Waals surface area contributed by atoms with E-state index in [1.54, 1.807) is 55.6 Å². The van der Waals surface area contributed by atoms with Crippen molar-refractivity contribution in [3.63, 3.8) is 0 Å². The number of ether oxygens (including phenoxy) is 2. The lowest BCUT2D eigenvalue weighted by Crippen LogP contribution is -2.06. The van der Waals surface area contributed by atoms with Gasteiger partial charge in [0.15, 0.2) is 11.6 Å². The number of rotatable bonds is 9. The predicted molar refractivity (Wildman–Crippen MR) is 113 cm³/mol. The highest BCUT2D eigenvalue weighted by molar-refractivity contribution is 5.89. The van der Waals surface area contributed by atoms with Crippen molar-refractivity contribution in [1.82, 2.24) is 9.97 Å². The number of aromatic nitrogens is 2. The quantitative estimate of drug-likeness (QED) is 0.456. The van der Waals surface area contributed by atoms with E-state index in [-0.39, 0.29) is 17.7 Å². The van der Waals surface area contributed by atoms with Gasteiger partial charge in [-0.05, 0) is 42.5 Å². The number of nitrogens with zero attached hydrogens (tertiary/aromatic N) is 2. The number of benzene rings is 2.